The molecule has 2 rings (SSSR count). The van der Waals surface area contributed by atoms with E-state index in [1.54, 1.807) is 12.1 Å². The Labute approximate surface area is 117 Å². The van der Waals surface area contributed by atoms with Crippen molar-refractivity contribution in [1.82, 2.24) is 10.6 Å². The first-order valence-electron chi connectivity index (χ1n) is 6.91. The first kappa shape index (κ1) is 14.5. The average Bonchev–Trinajstić information content (AvgIpc) is 2.48. The van der Waals surface area contributed by atoms with Crippen molar-refractivity contribution >= 4 is 11.6 Å². The maximum Gasteiger partial charge on any atom is 0.269 e. The Balaban J connectivity index is 1.74. The second kappa shape index (κ2) is 7.00. The van der Waals surface area contributed by atoms with Gasteiger partial charge in [0.2, 0.25) is 5.91 Å². The molecule has 1 heterocycles. The molecular weight excluding hydrogens is 258 g/mol. The van der Waals surface area contributed by atoms with E-state index in [4.69, 9.17) is 0 Å². The van der Waals surface area contributed by atoms with Gasteiger partial charge in [-0.2, -0.15) is 0 Å². The fraction of sp³-hybridized carbons (Fsp3) is 0.500. The van der Waals surface area contributed by atoms with E-state index >= 15 is 0 Å². The molecule has 2 N–H and O–H groups in total. The molecule has 0 radical (unpaired) electrons. The Morgan fingerprint density at radius 1 is 1.35 bits per heavy atom. The quantitative estimate of drug-likeness (QED) is 0.629. The van der Waals surface area contributed by atoms with Crippen molar-refractivity contribution in [2.24, 2.45) is 0 Å². The maximum atomic E-state index is 11.9. The Kier molecular flexibility index (Phi) is 5.06. The monoisotopic (exact) mass is 277 g/mol. The van der Waals surface area contributed by atoms with E-state index in [2.05, 4.69) is 10.6 Å². The highest BCUT2D eigenvalue weighted by molar-refractivity contribution is 5.81. The summed E-state index contributed by atoms with van der Waals surface area (Å²) >= 11 is 0. The fourth-order valence-corrected chi connectivity index (χ4v) is 2.31. The third-order valence-corrected chi connectivity index (χ3v) is 3.49. The number of nitro benzene ring substituents is 1. The van der Waals surface area contributed by atoms with Crippen LogP contribution < -0.4 is 10.6 Å². The lowest BCUT2D eigenvalue weighted by molar-refractivity contribution is -0.384. The third kappa shape index (κ3) is 4.03. The first-order chi connectivity index (χ1) is 9.66. The highest BCUT2D eigenvalue weighted by Crippen LogP contribution is 2.12. The lowest BCUT2D eigenvalue weighted by Crippen LogP contribution is -2.47. The zero-order chi connectivity index (χ0) is 14.4. The summed E-state index contributed by atoms with van der Waals surface area (Å²) in [7, 11) is 0. The zero-order valence-electron chi connectivity index (χ0n) is 11.3. The van der Waals surface area contributed by atoms with Gasteiger partial charge in [0.15, 0.2) is 0 Å². The summed E-state index contributed by atoms with van der Waals surface area (Å²) in [6.07, 6.45) is 3.79. The molecule has 0 unspecified atom stereocenters. The average molecular weight is 277 g/mol. The van der Waals surface area contributed by atoms with E-state index in [0.717, 1.165) is 31.4 Å². The summed E-state index contributed by atoms with van der Waals surface area (Å²) in [6.45, 7) is 1.45. The smallest absolute Gasteiger partial charge is 0.269 e. The Morgan fingerprint density at radius 3 is 2.70 bits per heavy atom. The number of non-ortho nitro benzene ring substituents is 1. The lowest BCUT2D eigenvalue weighted by atomic mass is 10.0. The van der Waals surface area contributed by atoms with E-state index in [9.17, 15) is 14.9 Å². The standard InChI is InChI=1S/C14H19N3O3/c18-14(13-3-1-2-9-15-13)16-10-8-11-4-6-12(7-5-11)17(19)20/h4-7,13,15H,1-3,8-10H2,(H,16,18)/t13-/m0/s1. The van der Waals surface area contributed by atoms with Gasteiger partial charge >= 0.3 is 0 Å². The summed E-state index contributed by atoms with van der Waals surface area (Å²) in [4.78, 5) is 22.0. The molecule has 0 spiro atoms. The summed E-state index contributed by atoms with van der Waals surface area (Å²) in [6, 6.07) is 6.35. The molecule has 1 atom stereocenters. The van der Waals surface area contributed by atoms with Crippen LogP contribution in [0.15, 0.2) is 24.3 Å². The van der Waals surface area contributed by atoms with Gasteiger partial charge in [-0.25, -0.2) is 0 Å². The van der Waals surface area contributed by atoms with Crippen LogP contribution in [-0.4, -0.2) is 30.0 Å². The number of carbonyl (C=O) groups excluding carboxylic acids is 1. The van der Waals surface area contributed by atoms with E-state index in [0.29, 0.717) is 13.0 Å². The minimum absolute atomic E-state index is 0.0478. The normalized spacial score (nSPS) is 18.5. The first-order valence-corrected chi connectivity index (χ1v) is 6.91. The molecule has 0 bridgehead atoms. The van der Waals surface area contributed by atoms with E-state index in [1.165, 1.54) is 12.1 Å². The van der Waals surface area contributed by atoms with Crippen molar-refractivity contribution in [3.05, 3.63) is 39.9 Å². The molecule has 1 amide bonds. The molecule has 1 aliphatic heterocycles. The van der Waals surface area contributed by atoms with Crippen LogP contribution in [0.25, 0.3) is 0 Å². The van der Waals surface area contributed by atoms with Crippen LogP contribution in [0.3, 0.4) is 0 Å². The molecule has 6 nitrogen and oxygen atoms in total. The Bertz CT molecular complexity index is 467. The van der Waals surface area contributed by atoms with Crippen LogP contribution in [0.5, 0.6) is 0 Å². The summed E-state index contributed by atoms with van der Waals surface area (Å²) in [5, 5.41) is 16.6. The SMILES string of the molecule is O=C(NCCc1ccc([N+](=O)[O-])cc1)[C@@H]1CCCCN1. The number of nitro groups is 1. The minimum Gasteiger partial charge on any atom is -0.354 e. The van der Waals surface area contributed by atoms with Gasteiger partial charge in [0.25, 0.3) is 5.69 Å². The number of benzene rings is 1. The predicted molar refractivity (Wildman–Crippen MR) is 75.5 cm³/mol. The van der Waals surface area contributed by atoms with Crippen molar-refractivity contribution in [3.63, 3.8) is 0 Å². The lowest BCUT2D eigenvalue weighted by Gasteiger charge is -2.22. The topological polar surface area (TPSA) is 84.3 Å². The van der Waals surface area contributed by atoms with Gasteiger partial charge in [-0.3, -0.25) is 14.9 Å². The number of carbonyl (C=O) groups is 1. The molecule has 0 aliphatic carbocycles. The van der Waals surface area contributed by atoms with Crippen LogP contribution in [0.2, 0.25) is 0 Å². The van der Waals surface area contributed by atoms with Crippen molar-refractivity contribution in [1.29, 1.82) is 0 Å². The van der Waals surface area contributed by atoms with Gasteiger partial charge in [-0.15, -0.1) is 0 Å². The summed E-state index contributed by atoms with van der Waals surface area (Å²) in [5.41, 5.74) is 1.07. The number of rotatable bonds is 5. The Hall–Kier alpha value is -1.95. The van der Waals surface area contributed by atoms with E-state index in [1.807, 2.05) is 0 Å². The molecular formula is C14H19N3O3. The molecule has 6 heteroatoms. The van der Waals surface area contributed by atoms with Crippen molar-refractivity contribution < 1.29 is 9.72 Å². The summed E-state index contributed by atoms with van der Waals surface area (Å²) in [5.74, 6) is 0.0478. The van der Waals surface area contributed by atoms with Crippen molar-refractivity contribution in [2.75, 3.05) is 13.1 Å². The van der Waals surface area contributed by atoms with Crippen LogP contribution in [0, 0.1) is 10.1 Å². The zero-order valence-corrected chi connectivity index (χ0v) is 11.3. The highest BCUT2D eigenvalue weighted by atomic mass is 16.6. The molecule has 1 aromatic carbocycles. The molecule has 108 valence electrons. The van der Waals surface area contributed by atoms with Crippen LogP contribution in [0.1, 0.15) is 24.8 Å². The molecule has 1 saturated heterocycles. The van der Waals surface area contributed by atoms with Gasteiger partial charge in [0.05, 0.1) is 11.0 Å². The molecule has 0 aromatic heterocycles. The fourth-order valence-electron chi connectivity index (χ4n) is 2.31. The Morgan fingerprint density at radius 2 is 2.10 bits per heavy atom. The molecule has 1 aliphatic rings. The van der Waals surface area contributed by atoms with Crippen molar-refractivity contribution in [3.8, 4) is 0 Å². The number of nitrogens with one attached hydrogen (secondary N) is 2. The molecule has 1 aromatic rings. The largest absolute Gasteiger partial charge is 0.354 e. The van der Waals surface area contributed by atoms with E-state index < -0.39 is 4.92 Å². The van der Waals surface area contributed by atoms with Gasteiger partial charge in [0.1, 0.15) is 0 Å². The second-order valence-corrected chi connectivity index (χ2v) is 4.97. The predicted octanol–water partition coefficient (Wildman–Crippen LogP) is 1.40. The maximum absolute atomic E-state index is 11.9. The summed E-state index contributed by atoms with van der Waals surface area (Å²) < 4.78 is 0. The number of nitrogens with zero attached hydrogens (tertiary/aromatic N) is 1. The van der Waals surface area contributed by atoms with Crippen LogP contribution in [-0.2, 0) is 11.2 Å². The molecule has 20 heavy (non-hydrogen) atoms. The third-order valence-electron chi connectivity index (χ3n) is 3.49. The number of piperidine rings is 1. The van der Waals surface area contributed by atoms with Crippen LogP contribution >= 0.6 is 0 Å². The van der Waals surface area contributed by atoms with E-state index in [-0.39, 0.29) is 17.6 Å². The second-order valence-electron chi connectivity index (χ2n) is 4.97. The van der Waals surface area contributed by atoms with Crippen LogP contribution in [0.4, 0.5) is 5.69 Å². The van der Waals surface area contributed by atoms with Crippen molar-refractivity contribution in [2.45, 2.75) is 31.7 Å². The number of hydrogen-bond donors (Lipinski definition) is 2. The number of amides is 1. The molecule has 0 saturated carbocycles. The van der Waals surface area contributed by atoms with Gasteiger partial charge in [-0.1, -0.05) is 18.6 Å². The van der Waals surface area contributed by atoms with Gasteiger partial charge in [0, 0.05) is 18.7 Å². The van der Waals surface area contributed by atoms with Gasteiger partial charge in [-0.05, 0) is 31.4 Å². The number of hydrogen-bond acceptors (Lipinski definition) is 4. The minimum atomic E-state index is -0.416. The molecule has 1 fully saturated rings. The highest BCUT2D eigenvalue weighted by Gasteiger charge is 2.19. The van der Waals surface area contributed by atoms with Gasteiger partial charge < -0.3 is 10.6 Å².